The third-order valence-corrected chi connectivity index (χ3v) is 10.6. The highest BCUT2D eigenvalue weighted by molar-refractivity contribution is 5.72. The summed E-state index contributed by atoms with van der Waals surface area (Å²) in [5.41, 5.74) is 0. The van der Waals surface area contributed by atoms with Crippen LogP contribution in [0.25, 0.3) is 0 Å². The van der Waals surface area contributed by atoms with Gasteiger partial charge in [0.25, 0.3) is 0 Å². The highest BCUT2D eigenvalue weighted by atomic mass is 16.6. The second-order valence-electron chi connectivity index (χ2n) is 17.3. The van der Waals surface area contributed by atoms with Gasteiger partial charge in [-0.1, -0.05) is 170 Å². The predicted molar refractivity (Wildman–Crippen MR) is 257 cm³/mol. The summed E-state index contributed by atoms with van der Waals surface area (Å²) < 4.78 is 17.3. The van der Waals surface area contributed by atoms with Crippen LogP contribution in [-0.4, -0.2) is 80.6 Å². The smallest absolute Gasteiger partial charge is 0.362 e. The molecule has 0 fully saturated rings. The van der Waals surface area contributed by atoms with Crippen molar-refractivity contribution in [2.45, 2.75) is 206 Å². The molecule has 350 valence electrons. The molecule has 8 heteroatoms. The van der Waals surface area contributed by atoms with E-state index in [0.717, 1.165) is 89.9 Å². The molecular weight excluding hydrogens is 763 g/mol. The molecule has 8 nitrogen and oxygen atoms in total. The van der Waals surface area contributed by atoms with E-state index >= 15 is 0 Å². The number of aliphatic carboxylic acids is 1. The second-order valence-corrected chi connectivity index (χ2v) is 17.3. The van der Waals surface area contributed by atoms with Crippen LogP contribution in [0.1, 0.15) is 194 Å². The van der Waals surface area contributed by atoms with Gasteiger partial charge in [0.1, 0.15) is 6.61 Å². The normalized spacial score (nSPS) is 13.5. The van der Waals surface area contributed by atoms with E-state index < -0.39 is 18.1 Å². The molecule has 0 aliphatic heterocycles. The summed E-state index contributed by atoms with van der Waals surface area (Å²) in [5, 5.41) is 9.64. The van der Waals surface area contributed by atoms with Crippen molar-refractivity contribution in [1.29, 1.82) is 0 Å². The summed E-state index contributed by atoms with van der Waals surface area (Å²) in [4.78, 5) is 37.1. The number of carboxylic acids is 1. The van der Waals surface area contributed by atoms with Crippen molar-refractivity contribution in [1.82, 2.24) is 0 Å². The first-order chi connectivity index (χ1) is 29.6. The van der Waals surface area contributed by atoms with E-state index in [0.29, 0.717) is 19.3 Å². The van der Waals surface area contributed by atoms with Crippen molar-refractivity contribution < 1.29 is 38.2 Å². The number of allylic oxidation sites excluding steroid dienone is 12. The number of carbonyl (C=O) groups excluding carboxylic acids is 2. The van der Waals surface area contributed by atoms with E-state index in [1.807, 2.05) is 21.1 Å². The Labute approximate surface area is 374 Å². The maximum atomic E-state index is 12.8. The Morgan fingerprint density at radius 3 is 1.28 bits per heavy atom. The molecule has 0 spiro atoms. The Hall–Kier alpha value is -3.23. The fraction of sp³-hybridized carbons (Fsp3) is 0.717. The van der Waals surface area contributed by atoms with Gasteiger partial charge in [0.15, 0.2) is 12.1 Å². The van der Waals surface area contributed by atoms with Gasteiger partial charge in [0, 0.05) is 19.3 Å². The molecule has 0 saturated heterocycles. The molecule has 0 aliphatic carbocycles. The number of ether oxygens (including phenoxy) is 3. The van der Waals surface area contributed by atoms with Gasteiger partial charge in [0.2, 0.25) is 0 Å². The van der Waals surface area contributed by atoms with E-state index in [1.54, 1.807) is 0 Å². The number of unbranched alkanes of at least 4 members (excludes halogenated alkanes) is 17. The number of likely N-dealkylation sites (N-methyl/N-ethyl adjacent to an activating group) is 1. The summed E-state index contributed by atoms with van der Waals surface area (Å²) in [6.45, 7) is 4.50. The quantitative estimate of drug-likeness (QED) is 0.0282. The molecule has 2 atom stereocenters. The molecule has 0 aromatic carbocycles. The van der Waals surface area contributed by atoms with Crippen LogP contribution in [0.3, 0.4) is 0 Å². The summed E-state index contributed by atoms with van der Waals surface area (Å²) in [5.74, 6) is -1.49. The van der Waals surface area contributed by atoms with Crippen LogP contribution >= 0.6 is 0 Å². The number of rotatable bonds is 43. The summed E-state index contributed by atoms with van der Waals surface area (Å²) in [6, 6.07) is -0.621. The Balaban J connectivity index is 4.27. The van der Waals surface area contributed by atoms with Crippen molar-refractivity contribution >= 4 is 17.9 Å². The van der Waals surface area contributed by atoms with Crippen molar-refractivity contribution in [2.24, 2.45) is 0 Å². The molecule has 0 aromatic heterocycles. The molecule has 0 amide bonds. The fourth-order valence-electron chi connectivity index (χ4n) is 6.89. The topological polar surface area (TPSA) is 99.1 Å². The summed E-state index contributed by atoms with van der Waals surface area (Å²) >= 11 is 0. The lowest BCUT2D eigenvalue weighted by atomic mass is 10.0. The van der Waals surface area contributed by atoms with Gasteiger partial charge >= 0.3 is 17.9 Å². The Bertz CT molecular complexity index is 1230. The largest absolute Gasteiger partial charge is 0.477 e. The molecule has 0 aliphatic rings. The molecule has 0 aromatic rings. The molecule has 0 saturated carbocycles. The van der Waals surface area contributed by atoms with E-state index in [4.69, 9.17) is 14.2 Å². The van der Waals surface area contributed by atoms with E-state index in [1.165, 1.54) is 70.6 Å². The minimum absolute atomic E-state index is 0.0523. The van der Waals surface area contributed by atoms with Crippen LogP contribution in [-0.2, 0) is 28.6 Å². The lowest BCUT2D eigenvalue weighted by Gasteiger charge is -2.31. The van der Waals surface area contributed by atoms with Crippen LogP contribution in [0, 0.1) is 0 Å². The van der Waals surface area contributed by atoms with E-state index in [9.17, 15) is 19.5 Å². The van der Waals surface area contributed by atoms with Crippen LogP contribution in [0.2, 0.25) is 0 Å². The molecule has 0 radical (unpaired) electrons. The van der Waals surface area contributed by atoms with Gasteiger partial charge in [-0.3, -0.25) is 9.59 Å². The summed E-state index contributed by atoms with van der Waals surface area (Å²) in [6.07, 6.45) is 55.2. The highest BCUT2D eigenvalue weighted by Crippen LogP contribution is 2.15. The lowest BCUT2D eigenvalue weighted by molar-refractivity contribution is -0.887. The number of carbonyl (C=O) groups is 3. The number of esters is 2. The molecule has 61 heavy (non-hydrogen) atoms. The number of hydrogen-bond donors (Lipinski definition) is 1. The number of hydrogen-bond acceptors (Lipinski definition) is 6. The Kier molecular flexibility index (Phi) is 41.1. The average molecular weight is 855 g/mol. The van der Waals surface area contributed by atoms with E-state index in [2.05, 4.69) is 86.8 Å². The summed E-state index contributed by atoms with van der Waals surface area (Å²) in [7, 11) is 5.52. The minimum Gasteiger partial charge on any atom is -0.477 e. The molecular formula is C53H92NO7+. The van der Waals surface area contributed by atoms with Crippen LogP contribution in [0.5, 0.6) is 0 Å². The number of carboxylic acid groups (broad SMARTS) is 1. The second kappa shape index (κ2) is 43.4. The van der Waals surface area contributed by atoms with Gasteiger partial charge in [-0.05, 0) is 77.0 Å². The number of quaternary nitrogens is 1. The molecule has 0 heterocycles. The zero-order valence-electron chi connectivity index (χ0n) is 39.8. The standard InChI is InChI=1S/C53H91NO7/c1-6-8-10-12-14-16-18-20-22-24-25-26-27-28-30-31-33-35-37-39-41-43-51(55)60-48-49(47-59-46-45-50(53(57)58)54(3,4)5)61-52(56)44-42-40-38-36-34-32-29-23-21-19-17-15-13-11-9-7-2/h8-11,14-17,20-23,49-50H,6-7,12-13,18-19,24-48H2,1-5H3/p+1/b10-8+,11-9+,16-14+,17-15+,22-20+,23-21+. The first kappa shape index (κ1) is 57.8. The first-order valence-electron chi connectivity index (χ1n) is 24.5. The van der Waals surface area contributed by atoms with E-state index in [-0.39, 0.29) is 36.2 Å². The Morgan fingerprint density at radius 1 is 0.492 bits per heavy atom. The highest BCUT2D eigenvalue weighted by Gasteiger charge is 2.31. The third kappa shape index (κ3) is 41.9. The van der Waals surface area contributed by atoms with Crippen molar-refractivity contribution in [3.8, 4) is 0 Å². The monoisotopic (exact) mass is 855 g/mol. The van der Waals surface area contributed by atoms with Crippen molar-refractivity contribution in [3.63, 3.8) is 0 Å². The predicted octanol–water partition coefficient (Wildman–Crippen LogP) is 13.9. The first-order valence-corrected chi connectivity index (χ1v) is 24.5. The Morgan fingerprint density at radius 2 is 0.869 bits per heavy atom. The van der Waals surface area contributed by atoms with Gasteiger partial charge in [-0.2, -0.15) is 0 Å². The maximum absolute atomic E-state index is 12.8. The SMILES string of the molecule is CC/C=C/C/C=C/C/C=C/CCCCCCCCCCCCCC(=O)OCC(COCCC(C(=O)O)[N+](C)(C)C)OC(=O)CCCCCCCC/C=C/C/C=C/C/C=C/CC. The van der Waals surface area contributed by atoms with Gasteiger partial charge in [-0.15, -0.1) is 0 Å². The van der Waals surface area contributed by atoms with Crippen LogP contribution in [0.4, 0.5) is 0 Å². The van der Waals surface area contributed by atoms with Crippen molar-refractivity contribution in [2.75, 3.05) is 41.0 Å². The van der Waals surface area contributed by atoms with Crippen LogP contribution < -0.4 is 0 Å². The molecule has 1 N–H and O–H groups in total. The van der Waals surface area contributed by atoms with Crippen LogP contribution in [0.15, 0.2) is 72.9 Å². The minimum atomic E-state index is -0.879. The lowest BCUT2D eigenvalue weighted by Crippen LogP contribution is -2.50. The number of nitrogens with zero attached hydrogens (tertiary/aromatic N) is 1. The fourth-order valence-corrected chi connectivity index (χ4v) is 6.89. The van der Waals surface area contributed by atoms with Gasteiger partial charge in [-0.25, -0.2) is 4.79 Å². The van der Waals surface area contributed by atoms with Crippen molar-refractivity contribution in [3.05, 3.63) is 72.9 Å². The zero-order valence-corrected chi connectivity index (χ0v) is 39.8. The third-order valence-electron chi connectivity index (χ3n) is 10.6. The maximum Gasteiger partial charge on any atom is 0.362 e. The molecule has 0 bridgehead atoms. The molecule has 0 rings (SSSR count). The average Bonchev–Trinajstić information content (AvgIpc) is 3.22. The molecule has 2 unspecified atom stereocenters. The van der Waals surface area contributed by atoms with Gasteiger partial charge in [0.05, 0.1) is 34.4 Å². The van der Waals surface area contributed by atoms with Gasteiger partial charge < -0.3 is 23.8 Å². The zero-order chi connectivity index (χ0) is 44.9.